The summed E-state index contributed by atoms with van der Waals surface area (Å²) < 4.78 is 27.1. The number of fused-ring (bicyclic) bond motifs is 1. The lowest BCUT2D eigenvalue weighted by atomic mass is 10.0. The normalized spacial score (nSPS) is 16.3. The number of hydrogen-bond acceptors (Lipinski definition) is 3. The Kier molecular flexibility index (Phi) is 4.27. The number of hydrogen-bond donors (Lipinski definition) is 2. The quantitative estimate of drug-likeness (QED) is 0.814. The fourth-order valence-electron chi connectivity index (χ4n) is 2.25. The molecule has 4 nitrogen and oxygen atoms in total. The first-order valence-electron chi connectivity index (χ1n) is 6.53. The summed E-state index contributed by atoms with van der Waals surface area (Å²) in [6.07, 6.45) is 4.29. The van der Waals surface area contributed by atoms with Crippen LogP contribution in [0.25, 0.3) is 0 Å². The second-order valence-electron chi connectivity index (χ2n) is 4.90. The third-order valence-electron chi connectivity index (χ3n) is 3.20. The standard InChI is InChI=1S/C14H20N2O2S/c1-3-5-11(2)16-19(17,18)13-7-8-14-12(10-13)6-4-9-15-14/h3,7-8,10-11,15-16H,1,4-6,9H2,2H3. The van der Waals surface area contributed by atoms with Crippen molar-refractivity contribution in [1.29, 1.82) is 0 Å². The van der Waals surface area contributed by atoms with Crippen LogP contribution >= 0.6 is 0 Å². The highest BCUT2D eigenvalue weighted by Crippen LogP contribution is 2.25. The van der Waals surface area contributed by atoms with E-state index < -0.39 is 10.0 Å². The van der Waals surface area contributed by atoms with Gasteiger partial charge in [-0.3, -0.25) is 0 Å². The van der Waals surface area contributed by atoms with Crippen LogP contribution in [-0.2, 0) is 16.4 Å². The van der Waals surface area contributed by atoms with Crippen LogP contribution in [0.1, 0.15) is 25.3 Å². The highest BCUT2D eigenvalue weighted by molar-refractivity contribution is 7.89. The van der Waals surface area contributed by atoms with Crippen LogP contribution < -0.4 is 10.0 Å². The molecule has 19 heavy (non-hydrogen) atoms. The molecular formula is C14H20N2O2S. The van der Waals surface area contributed by atoms with Gasteiger partial charge in [-0.05, 0) is 49.9 Å². The molecule has 0 aromatic heterocycles. The summed E-state index contributed by atoms with van der Waals surface area (Å²) >= 11 is 0. The van der Waals surface area contributed by atoms with Crippen LogP contribution in [0.5, 0.6) is 0 Å². The Balaban J connectivity index is 2.23. The number of nitrogens with one attached hydrogen (secondary N) is 2. The van der Waals surface area contributed by atoms with Gasteiger partial charge in [-0.1, -0.05) is 6.08 Å². The van der Waals surface area contributed by atoms with Gasteiger partial charge in [0, 0.05) is 18.3 Å². The van der Waals surface area contributed by atoms with Crippen LogP contribution in [0.15, 0.2) is 35.7 Å². The maximum absolute atomic E-state index is 12.2. The third kappa shape index (κ3) is 3.36. The van der Waals surface area contributed by atoms with Gasteiger partial charge in [0.2, 0.25) is 10.0 Å². The van der Waals surface area contributed by atoms with Crippen molar-refractivity contribution in [3.8, 4) is 0 Å². The molecule has 1 atom stereocenters. The van der Waals surface area contributed by atoms with Crippen LogP contribution in [-0.4, -0.2) is 21.0 Å². The van der Waals surface area contributed by atoms with E-state index >= 15 is 0 Å². The van der Waals surface area contributed by atoms with Crippen LogP contribution in [0.2, 0.25) is 0 Å². The van der Waals surface area contributed by atoms with Gasteiger partial charge in [-0.15, -0.1) is 6.58 Å². The predicted molar refractivity (Wildman–Crippen MR) is 77.9 cm³/mol. The molecule has 0 aliphatic carbocycles. The minimum absolute atomic E-state index is 0.142. The van der Waals surface area contributed by atoms with Gasteiger partial charge in [0.05, 0.1) is 4.90 Å². The molecule has 0 spiro atoms. The summed E-state index contributed by atoms with van der Waals surface area (Å²) in [6.45, 7) is 6.40. The second kappa shape index (κ2) is 5.75. The molecule has 0 saturated heterocycles. The van der Waals surface area contributed by atoms with E-state index in [1.165, 1.54) is 0 Å². The Morgan fingerprint density at radius 3 is 3.05 bits per heavy atom. The largest absolute Gasteiger partial charge is 0.385 e. The fourth-order valence-corrected chi connectivity index (χ4v) is 3.56. The van der Waals surface area contributed by atoms with E-state index in [4.69, 9.17) is 0 Å². The lowest BCUT2D eigenvalue weighted by Crippen LogP contribution is -2.32. The van der Waals surface area contributed by atoms with Gasteiger partial charge >= 0.3 is 0 Å². The zero-order valence-electron chi connectivity index (χ0n) is 11.1. The molecule has 0 saturated carbocycles. The van der Waals surface area contributed by atoms with E-state index in [0.717, 1.165) is 30.6 Å². The smallest absolute Gasteiger partial charge is 0.240 e. The van der Waals surface area contributed by atoms with Crippen LogP contribution in [0.4, 0.5) is 5.69 Å². The summed E-state index contributed by atoms with van der Waals surface area (Å²) in [6, 6.07) is 5.13. The van der Waals surface area contributed by atoms with Gasteiger partial charge in [-0.25, -0.2) is 13.1 Å². The average Bonchev–Trinajstić information content (AvgIpc) is 2.37. The zero-order valence-corrected chi connectivity index (χ0v) is 12.0. The van der Waals surface area contributed by atoms with Gasteiger partial charge in [-0.2, -0.15) is 0 Å². The average molecular weight is 280 g/mol. The van der Waals surface area contributed by atoms with Crippen molar-refractivity contribution < 1.29 is 8.42 Å². The highest BCUT2D eigenvalue weighted by Gasteiger charge is 2.19. The fraction of sp³-hybridized carbons (Fsp3) is 0.429. The minimum atomic E-state index is -3.44. The second-order valence-corrected chi connectivity index (χ2v) is 6.61. The Morgan fingerprint density at radius 2 is 2.32 bits per heavy atom. The molecule has 104 valence electrons. The van der Waals surface area contributed by atoms with Crippen molar-refractivity contribution in [3.05, 3.63) is 36.4 Å². The van der Waals surface area contributed by atoms with E-state index in [0.29, 0.717) is 11.3 Å². The van der Waals surface area contributed by atoms with Gasteiger partial charge in [0.15, 0.2) is 0 Å². The van der Waals surface area contributed by atoms with Crippen LogP contribution in [0, 0.1) is 0 Å². The molecule has 1 aliphatic rings. The van der Waals surface area contributed by atoms with E-state index in [1.54, 1.807) is 18.2 Å². The maximum atomic E-state index is 12.2. The Bertz CT molecular complexity index is 567. The molecule has 0 fully saturated rings. The molecule has 1 heterocycles. The van der Waals surface area contributed by atoms with Crippen molar-refractivity contribution in [2.24, 2.45) is 0 Å². The summed E-state index contributed by atoms with van der Waals surface area (Å²) in [7, 11) is -3.44. The highest BCUT2D eigenvalue weighted by atomic mass is 32.2. The van der Waals surface area contributed by atoms with Crippen molar-refractivity contribution in [3.63, 3.8) is 0 Å². The minimum Gasteiger partial charge on any atom is -0.385 e. The number of aryl methyl sites for hydroxylation is 1. The van der Waals surface area contributed by atoms with E-state index in [-0.39, 0.29) is 6.04 Å². The van der Waals surface area contributed by atoms with Crippen molar-refractivity contribution >= 4 is 15.7 Å². The monoisotopic (exact) mass is 280 g/mol. The molecule has 0 amide bonds. The predicted octanol–water partition coefficient (Wildman–Crippen LogP) is 2.29. The van der Waals surface area contributed by atoms with Gasteiger partial charge in [0.1, 0.15) is 0 Å². The molecule has 0 bridgehead atoms. The summed E-state index contributed by atoms with van der Waals surface area (Å²) in [5.74, 6) is 0. The van der Waals surface area contributed by atoms with Crippen LogP contribution in [0.3, 0.4) is 0 Å². The SMILES string of the molecule is C=CCC(C)NS(=O)(=O)c1ccc2c(c1)CCCN2. The first kappa shape index (κ1) is 14.1. The molecule has 5 heteroatoms. The zero-order chi connectivity index (χ0) is 13.9. The summed E-state index contributed by atoms with van der Waals surface area (Å²) in [5, 5.41) is 3.27. The van der Waals surface area contributed by atoms with E-state index in [2.05, 4.69) is 16.6 Å². The topological polar surface area (TPSA) is 58.2 Å². The van der Waals surface area contributed by atoms with E-state index in [9.17, 15) is 8.42 Å². The van der Waals surface area contributed by atoms with Crippen molar-refractivity contribution in [2.45, 2.75) is 37.1 Å². The Morgan fingerprint density at radius 1 is 1.53 bits per heavy atom. The third-order valence-corrected chi connectivity index (χ3v) is 4.79. The van der Waals surface area contributed by atoms with Crippen molar-refractivity contribution in [2.75, 3.05) is 11.9 Å². The molecule has 1 unspecified atom stereocenters. The molecule has 1 aliphatic heterocycles. The number of rotatable bonds is 5. The van der Waals surface area contributed by atoms with Gasteiger partial charge < -0.3 is 5.32 Å². The maximum Gasteiger partial charge on any atom is 0.240 e. The molecule has 2 N–H and O–H groups in total. The molecule has 1 aromatic carbocycles. The number of benzene rings is 1. The Labute approximate surface area is 115 Å². The Hall–Kier alpha value is -1.33. The lowest BCUT2D eigenvalue weighted by molar-refractivity contribution is 0.562. The molecule has 1 aromatic rings. The molecule has 2 rings (SSSR count). The van der Waals surface area contributed by atoms with Crippen molar-refractivity contribution in [1.82, 2.24) is 4.72 Å². The first-order chi connectivity index (χ1) is 9.03. The number of sulfonamides is 1. The summed E-state index contributed by atoms with van der Waals surface area (Å²) in [5.41, 5.74) is 2.12. The summed E-state index contributed by atoms with van der Waals surface area (Å²) in [4.78, 5) is 0.339. The lowest BCUT2D eigenvalue weighted by Gasteiger charge is -2.19. The molecular weight excluding hydrogens is 260 g/mol. The molecule has 0 radical (unpaired) electrons. The first-order valence-corrected chi connectivity index (χ1v) is 8.01. The van der Waals surface area contributed by atoms with E-state index in [1.807, 2.05) is 13.0 Å². The van der Waals surface area contributed by atoms with Gasteiger partial charge in [0.25, 0.3) is 0 Å². The number of anilines is 1.